The molecule has 0 spiro atoms. The van der Waals surface area contributed by atoms with Gasteiger partial charge in [-0.3, -0.25) is 19.3 Å². The van der Waals surface area contributed by atoms with Crippen LogP contribution < -0.4 is 14.8 Å². The van der Waals surface area contributed by atoms with Gasteiger partial charge in [0, 0.05) is 13.4 Å². The van der Waals surface area contributed by atoms with Crippen molar-refractivity contribution in [1.29, 1.82) is 0 Å². The summed E-state index contributed by atoms with van der Waals surface area (Å²) in [7, 11) is -1.09. The van der Waals surface area contributed by atoms with Gasteiger partial charge in [0.15, 0.2) is 5.75 Å². The summed E-state index contributed by atoms with van der Waals surface area (Å²) < 4.78 is 54.6. The topological polar surface area (TPSA) is 141 Å². The van der Waals surface area contributed by atoms with Crippen LogP contribution in [0.4, 0.5) is 10.1 Å². The van der Waals surface area contributed by atoms with Gasteiger partial charge < -0.3 is 19.5 Å². The van der Waals surface area contributed by atoms with Gasteiger partial charge in [-0.1, -0.05) is 0 Å². The highest BCUT2D eigenvalue weighted by atomic mass is 32.2. The number of hydrogen-bond donors (Lipinski definition) is 1. The van der Waals surface area contributed by atoms with Gasteiger partial charge in [-0.05, 0) is 31.2 Å². The quantitative estimate of drug-likeness (QED) is 0.473. The van der Waals surface area contributed by atoms with E-state index in [4.69, 9.17) is 14.2 Å². The second kappa shape index (κ2) is 10.4. The van der Waals surface area contributed by atoms with E-state index in [2.05, 4.69) is 10.3 Å². The molecule has 0 saturated carbocycles. The predicted molar refractivity (Wildman–Crippen MR) is 122 cm³/mol. The number of imide groups is 1. The minimum absolute atomic E-state index is 0.0135. The first kappa shape index (κ1) is 26.0. The first-order valence-corrected chi connectivity index (χ1v) is 12.4. The Morgan fingerprint density at radius 2 is 1.83 bits per heavy atom. The van der Waals surface area contributed by atoms with Crippen molar-refractivity contribution in [3.63, 3.8) is 0 Å². The molecule has 0 radical (unpaired) electrons. The fourth-order valence-electron chi connectivity index (χ4n) is 3.65. The summed E-state index contributed by atoms with van der Waals surface area (Å²) in [6.45, 7) is 1.57. The molecule has 188 valence electrons. The molecule has 3 amide bonds. The summed E-state index contributed by atoms with van der Waals surface area (Å²) in [5.74, 6) is -4.08. The molecule has 1 aliphatic rings. The minimum atomic E-state index is -3.77. The van der Waals surface area contributed by atoms with E-state index in [1.807, 2.05) is 0 Å². The third-order valence-corrected chi connectivity index (χ3v) is 5.95. The number of halogens is 1. The summed E-state index contributed by atoms with van der Waals surface area (Å²) >= 11 is 0. The van der Waals surface area contributed by atoms with Crippen molar-refractivity contribution in [1.82, 2.24) is 9.88 Å². The Labute approximate surface area is 201 Å². The number of pyridine rings is 1. The highest BCUT2D eigenvalue weighted by Gasteiger charge is 2.45. The molecular formula is C22H24FN3O8S. The van der Waals surface area contributed by atoms with E-state index in [0.717, 1.165) is 18.4 Å². The molecule has 2 heterocycles. The van der Waals surface area contributed by atoms with Gasteiger partial charge in [0.05, 0.1) is 48.0 Å². The number of ether oxygens (including phenoxy) is 3. The largest absolute Gasteiger partial charge is 0.491 e. The van der Waals surface area contributed by atoms with E-state index < -0.39 is 56.3 Å². The van der Waals surface area contributed by atoms with Crippen molar-refractivity contribution in [3.05, 3.63) is 46.9 Å². The standard InChI is InChI=1S/C22H24FN3O8S/c1-5-34-20-16(33-3)9-8-13(25-20)15(11-35(4,30)31)26-21(28)18-12(23)6-7-14(19(18)22(26)29)24-17(27)10-32-2/h6-9,15H,5,10-11H2,1-4H3,(H,24,27)/t15-/m1/s1. The second-order valence-electron chi connectivity index (χ2n) is 7.59. The lowest BCUT2D eigenvalue weighted by molar-refractivity contribution is -0.119. The fourth-order valence-corrected chi connectivity index (χ4v) is 4.54. The second-order valence-corrected chi connectivity index (χ2v) is 9.78. The third-order valence-electron chi connectivity index (χ3n) is 5.03. The molecule has 0 saturated heterocycles. The van der Waals surface area contributed by atoms with Crippen LogP contribution >= 0.6 is 0 Å². The average molecular weight is 510 g/mol. The molecule has 0 bridgehead atoms. The van der Waals surface area contributed by atoms with Crippen LogP contribution in [0.2, 0.25) is 0 Å². The van der Waals surface area contributed by atoms with Crippen molar-refractivity contribution in [2.75, 3.05) is 44.8 Å². The lowest BCUT2D eigenvalue weighted by Gasteiger charge is -2.26. The molecule has 11 nitrogen and oxygen atoms in total. The number of fused-ring (bicyclic) bond motifs is 1. The number of hydrogen-bond acceptors (Lipinski definition) is 9. The van der Waals surface area contributed by atoms with E-state index >= 15 is 0 Å². The number of aromatic nitrogens is 1. The van der Waals surface area contributed by atoms with Crippen LogP contribution in [0.25, 0.3) is 0 Å². The van der Waals surface area contributed by atoms with Gasteiger partial charge in [0.2, 0.25) is 5.91 Å². The Balaban J connectivity index is 2.14. The van der Waals surface area contributed by atoms with E-state index in [1.54, 1.807) is 6.92 Å². The molecule has 1 N–H and O–H groups in total. The Hall–Kier alpha value is -3.58. The molecule has 0 fully saturated rings. The maximum absolute atomic E-state index is 14.7. The molecule has 13 heteroatoms. The minimum Gasteiger partial charge on any atom is -0.491 e. The number of carbonyl (C=O) groups is 3. The smallest absolute Gasteiger partial charge is 0.265 e. The van der Waals surface area contributed by atoms with Crippen LogP contribution in [0.3, 0.4) is 0 Å². The van der Waals surface area contributed by atoms with Crippen LogP contribution in [-0.2, 0) is 19.4 Å². The molecule has 1 aliphatic heterocycles. The number of carbonyl (C=O) groups excluding carboxylic acids is 3. The van der Waals surface area contributed by atoms with E-state index in [0.29, 0.717) is 4.90 Å². The summed E-state index contributed by atoms with van der Waals surface area (Å²) in [5, 5.41) is 2.41. The highest BCUT2D eigenvalue weighted by Crippen LogP contribution is 2.38. The zero-order valence-corrected chi connectivity index (χ0v) is 20.3. The van der Waals surface area contributed by atoms with Crippen molar-refractivity contribution in [2.45, 2.75) is 13.0 Å². The SMILES string of the molecule is CCOc1nc([C@@H](CS(C)(=O)=O)N2C(=O)c3c(F)ccc(NC(=O)COC)c3C2=O)ccc1OC. The summed E-state index contributed by atoms with van der Waals surface area (Å²) in [4.78, 5) is 43.6. The molecule has 3 rings (SSSR count). The van der Waals surface area contributed by atoms with Crippen molar-refractivity contribution in [2.24, 2.45) is 0 Å². The van der Waals surface area contributed by atoms with Crippen LogP contribution in [0.1, 0.15) is 39.4 Å². The Kier molecular flexibility index (Phi) is 7.70. The number of methoxy groups -OCH3 is 2. The van der Waals surface area contributed by atoms with Crippen LogP contribution in [0.15, 0.2) is 24.3 Å². The van der Waals surface area contributed by atoms with Gasteiger partial charge in [-0.25, -0.2) is 17.8 Å². The zero-order valence-electron chi connectivity index (χ0n) is 19.5. The number of anilines is 1. The maximum atomic E-state index is 14.7. The number of nitrogens with one attached hydrogen (secondary N) is 1. The van der Waals surface area contributed by atoms with Crippen LogP contribution in [0.5, 0.6) is 11.6 Å². The first-order chi connectivity index (χ1) is 16.5. The zero-order chi connectivity index (χ0) is 25.9. The number of benzene rings is 1. The average Bonchev–Trinajstić information content (AvgIpc) is 3.05. The van der Waals surface area contributed by atoms with Crippen LogP contribution in [0, 0.1) is 5.82 Å². The van der Waals surface area contributed by atoms with Gasteiger partial charge in [0.1, 0.15) is 22.3 Å². The van der Waals surface area contributed by atoms with Crippen molar-refractivity contribution in [3.8, 4) is 11.6 Å². The number of rotatable bonds is 10. The normalized spacial score (nSPS) is 14.0. The third kappa shape index (κ3) is 5.41. The van der Waals surface area contributed by atoms with Gasteiger partial charge in [-0.2, -0.15) is 0 Å². The molecular weight excluding hydrogens is 485 g/mol. The molecule has 0 unspecified atom stereocenters. The molecule has 1 aromatic heterocycles. The van der Waals surface area contributed by atoms with Crippen LogP contribution in [-0.4, -0.2) is 75.5 Å². The highest BCUT2D eigenvalue weighted by molar-refractivity contribution is 7.90. The summed E-state index contributed by atoms with van der Waals surface area (Å²) in [6.07, 6.45) is 0.933. The monoisotopic (exact) mass is 509 g/mol. The summed E-state index contributed by atoms with van der Waals surface area (Å²) in [5.41, 5.74) is -1.07. The van der Waals surface area contributed by atoms with Gasteiger partial charge >= 0.3 is 0 Å². The number of amides is 3. The van der Waals surface area contributed by atoms with E-state index in [-0.39, 0.29) is 36.2 Å². The van der Waals surface area contributed by atoms with Crippen molar-refractivity contribution >= 4 is 33.2 Å². The molecule has 0 aliphatic carbocycles. The molecule has 35 heavy (non-hydrogen) atoms. The van der Waals surface area contributed by atoms with Gasteiger partial charge in [-0.15, -0.1) is 0 Å². The summed E-state index contributed by atoms with van der Waals surface area (Å²) in [6, 6.07) is 3.50. The fraction of sp³-hybridized carbons (Fsp3) is 0.364. The Morgan fingerprint density at radius 1 is 1.14 bits per heavy atom. The van der Waals surface area contributed by atoms with E-state index in [9.17, 15) is 27.2 Å². The lowest BCUT2D eigenvalue weighted by atomic mass is 10.1. The molecule has 2 aromatic rings. The predicted octanol–water partition coefficient (Wildman–Crippen LogP) is 1.59. The Bertz CT molecular complexity index is 1280. The lowest BCUT2D eigenvalue weighted by Crippen LogP contribution is -2.38. The maximum Gasteiger partial charge on any atom is 0.265 e. The first-order valence-electron chi connectivity index (χ1n) is 10.4. The number of nitrogens with zero attached hydrogens (tertiary/aromatic N) is 2. The van der Waals surface area contributed by atoms with E-state index in [1.165, 1.54) is 26.4 Å². The Morgan fingerprint density at radius 3 is 2.43 bits per heavy atom. The van der Waals surface area contributed by atoms with Gasteiger partial charge in [0.25, 0.3) is 17.7 Å². The molecule has 1 atom stereocenters. The molecule has 1 aromatic carbocycles. The van der Waals surface area contributed by atoms with Crippen molar-refractivity contribution < 1.29 is 41.4 Å². The number of sulfone groups is 1.